The summed E-state index contributed by atoms with van der Waals surface area (Å²) >= 11 is 1.71. The van der Waals surface area contributed by atoms with E-state index in [1.165, 1.54) is 10.1 Å². The zero-order valence-electron chi connectivity index (χ0n) is 8.98. The first-order chi connectivity index (χ1) is 7.80. The van der Waals surface area contributed by atoms with E-state index in [4.69, 9.17) is 4.74 Å². The first-order valence-corrected chi connectivity index (χ1v) is 6.44. The topological polar surface area (TPSA) is 29.5 Å². The third-order valence-electron chi connectivity index (χ3n) is 3.30. The smallest absolute Gasteiger partial charge is 0.0954 e. The van der Waals surface area contributed by atoms with Gasteiger partial charge in [-0.25, -0.2) is 0 Å². The second-order valence-corrected chi connectivity index (χ2v) is 5.20. The molecule has 1 saturated heterocycles. The fourth-order valence-electron chi connectivity index (χ4n) is 2.34. The average molecular weight is 234 g/mol. The molecule has 2 heterocycles. The molecule has 1 aromatic carbocycles. The van der Waals surface area contributed by atoms with Gasteiger partial charge in [-0.2, -0.15) is 0 Å². The molecule has 0 atom stereocenters. The highest BCUT2D eigenvalue weighted by Crippen LogP contribution is 2.38. The Morgan fingerprint density at radius 3 is 2.81 bits per heavy atom. The van der Waals surface area contributed by atoms with Crippen molar-refractivity contribution in [2.45, 2.75) is 18.4 Å². The summed E-state index contributed by atoms with van der Waals surface area (Å²) in [6.45, 7) is 1.30. The third kappa shape index (κ3) is 1.56. The molecular weight excluding hydrogens is 220 g/mol. The molecule has 84 valence electrons. The third-order valence-corrected chi connectivity index (χ3v) is 4.26. The van der Waals surface area contributed by atoms with Crippen LogP contribution in [0.25, 0.3) is 10.1 Å². The molecule has 2 aromatic rings. The Bertz CT molecular complexity index is 497. The summed E-state index contributed by atoms with van der Waals surface area (Å²) in [6, 6.07) is 8.27. The number of hydrogen-bond acceptors (Lipinski definition) is 3. The Morgan fingerprint density at radius 2 is 2.00 bits per heavy atom. The molecule has 2 nitrogen and oxygen atoms in total. The summed E-state index contributed by atoms with van der Waals surface area (Å²) in [7, 11) is 0. The number of thiophene rings is 1. The number of fused-ring (bicyclic) bond motifs is 1. The van der Waals surface area contributed by atoms with Crippen molar-refractivity contribution in [1.29, 1.82) is 0 Å². The Kier molecular flexibility index (Phi) is 2.46. The van der Waals surface area contributed by atoms with Crippen LogP contribution in [0.4, 0.5) is 0 Å². The largest absolute Gasteiger partial charge is 0.385 e. The zero-order valence-corrected chi connectivity index (χ0v) is 9.80. The van der Waals surface area contributed by atoms with E-state index in [0.29, 0.717) is 26.1 Å². The molecule has 1 aliphatic rings. The molecule has 1 N–H and O–H groups in total. The predicted octanol–water partition coefficient (Wildman–Crippen LogP) is 2.90. The number of benzene rings is 1. The summed E-state index contributed by atoms with van der Waals surface area (Å²) in [4.78, 5) is 0. The van der Waals surface area contributed by atoms with E-state index in [2.05, 4.69) is 17.5 Å². The van der Waals surface area contributed by atoms with Crippen LogP contribution in [0.1, 0.15) is 18.4 Å². The molecule has 0 unspecified atom stereocenters. The van der Waals surface area contributed by atoms with E-state index in [1.807, 2.05) is 12.1 Å². The summed E-state index contributed by atoms with van der Waals surface area (Å²) < 4.78 is 6.54. The molecule has 0 saturated carbocycles. The van der Waals surface area contributed by atoms with E-state index < -0.39 is 5.60 Å². The van der Waals surface area contributed by atoms with E-state index in [0.717, 1.165) is 5.56 Å². The van der Waals surface area contributed by atoms with Crippen molar-refractivity contribution in [3.05, 3.63) is 35.2 Å². The lowest BCUT2D eigenvalue weighted by atomic mass is 9.86. The second-order valence-electron chi connectivity index (χ2n) is 4.29. The van der Waals surface area contributed by atoms with Crippen molar-refractivity contribution in [1.82, 2.24) is 0 Å². The van der Waals surface area contributed by atoms with Crippen LogP contribution in [-0.2, 0) is 10.3 Å². The Hall–Kier alpha value is -0.900. The lowest BCUT2D eigenvalue weighted by molar-refractivity contribution is -0.0669. The van der Waals surface area contributed by atoms with E-state index in [-0.39, 0.29) is 0 Å². The fourth-order valence-corrected chi connectivity index (χ4v) is 3.35. The number of rotatable bonds is 1. The van der Waals surface area contributed by atoms with Gasteiger partial charge in [-0.1, -0.05) is 18.2 Å². The van der Waals surface area contributed by atoms with Crippen molar-refractivity contribution in [3.8, 4) is 0 Å². The van der Waals surface area contributed by atoms with Crippen LogP contribution in [0, 0.1) is 0 Å². The lowest BCUT2D eigenvalue weighted by Crippen LogP contribution is -2.33. The van der Waals surface area contributed by atoms with E-state index >= 15 is 0 Å². The molecule has 1 fully saturated rings. The number of hydrogen-bond donors (Lipinski definition) is 1. The number of aliphatic hydroxyl groups is 1. The average Bonchev–Trinajstić information content (AvgIpc) is 2.77. The van der Waals surface area contributed by atoms with Gasteiger partial charge >= 0.3 is 0 Å². The van der Waals surface area contributed by atoms with Crippen molar-refractivity contribution in [2.24, 2.45) is 0 Å². The lowest BCUT2D eigenvalue weighted by Gasteiger charge is -2.32. The van der Waals surface area contributed by atoms with Gasteiger partial charge in [0, 0.05) is 36.3 Å². The normalized spacial score (nSPS) is 20.1. The highest BCUT2D eigenvalue weighted by Gasteiger charge is 2.33. The SMILES string of the molecule is OC1(c2cccc3ccsc23)CCOCC1. The molecule has 3 heteroatoms. The molecule has 0 bridgehead atoms. The Balaban J connectivity index is 2.13. The van der Waals surface area contributed by atoms with Gasteiger partial charge in [0.1, 0.15) is 0 Å². The van der Waals surface area contributed by atoms with Gasteiger partial charge < -0.3 is 9.84 Å². The second kappa shape index (κ2) is 3.84. The minimum Gasteiger partial charge on any atom is -0.385 e. The van der Waals surface area contributed by atoms with Crippen LogP contribution in [0.2, 0.25) is 0 Å². The summed E-state index contributed by atoms with van der Waals surface area (Å²) in [5.41, 5.74) is 0.381. The Labute approximate surface area is 98.5 Å². The maximum absolute atomic E-state index is 10.7. The molecular formula is C13H14O2S. The molecule has 1 aromatic heterocycles. The van der Waals surface area contributed by atoms with Crippen LogP contribution >= 0.6 is 11.3 Å². The van der Waals surface area contributed by atoms with E-state index in [1.54, 1.807) is 11.3 Å². The standard InChI is InChI=1S/C13H14O2S/c14-13(5-7-15-8-6-13)11-3-1-2-10-4-9-16-12(10)11/h1-4,9,14H,5-8H2. The van der Waals surface area contributed by atoms with E-state index in [9.17, 15) is 5.11 Å². The molecule has 0 radical (unpaired) electrons. The molecule has 0 aliphatic carbocycles. The molecule has 16 heavy (non-hydrogen) atoms. The van der Waals surface area contributed by atoms with Crippen LogP contribution in [0.3, 0.4) is 0 Å². The Morgan fingerprint density at radius 1 is 1.19 bits per heavy atom. The first kappa shape index (κ1) is 10.3. The monoisotopic (exact) mass is 234 g/mol. The summed E-state index contributed by atoms with van der Waals surface area (Å²) in [6.07, 6.45) is 1.40. The number of ether oxygens (including phenoxy) is 1. The minimum absolute atomic E-state index is 0.651. The van der Waals surface area contributed by atoms with Crippen molar-refractivity contribution in [2.75, 3.05) is 13.2 Å². The molecule has 3 rings (SSSR count). The van der Waals surface area contributed by atoms with Crippen molar-refractivity contribution < 1.29 is 9.84 Å². The molecule has 1 aliphatic heterocycles. The zero-order chi connectivity index (χ0) is 11.0. The van der Waals surface area contributed by atoms with Gasteiger partial charge in [-0.3, -0.25) is 0 Å². The van der Waals surface area contributed by atoms with Crippen LogP contribution in [0.5, 0.6) is 0 Å². The first-order valence-electron chi connectivity index (χ1n) is 5.56. The van der Waals surface area contributed by atoms with Crippen LogP contribution in [-0.4, -0.2) is 18.3 Å². The predicted molar refractivity (Wildman–Crippen MR) is 65.8 cm³/mol. The maximum Gasteiger partial charge on any atom is 0.0954 e. The van der Waals surface area contributed by atoms with Crippen molar-refractivity contribution >= 4 is 21.4 Å². The molecule has 0 amide bonds. The van der Waals surface area contributed by atoms with Gasteiger partial charge in [0.05, 0.1) is 5.60 Å². The highest BCUT2D eigenvalue weighted by atomic mass is 32.1. The quantitative estimate of drug-likeness (QED) is 0.822. The van der Waals surface area contributed by atoms with Gasteiger partial charge in [-0.05, 0) is 16.8 Å². The molecule has 0 spiro atoms. The van der Waals surface area contributed by atoms with Crippen LogP contribution in [0.15, 0.2) is 29.6 Å². The highest BCUT2D eigenvalue weighted by molar-refractivity contribution is 7.17. The van der Waals surface area contributed by atoms with Gasteiger partial charge in [0.2, 0.25) is 0 Å². The maximum atomic E-state index is 10.7. The fraction of sp³-hybridized carbons (Fsp3) is 0.385. The summed E-state index contributed by atoms with van der Waals surface area (Å²) in [5, 5.41) is 14.0. The van der Waals surface area contributed by atoms with Crippen LogP contribution < -0.4 is 0 Å². The van der Waals surface area contributed by atoms with Gasteiger partial charge in [0.15, 0.2) is 0 Å². The van der Waals surface area contributed by atoms with Gasteiger partial charge in [0.25, 0.3) is 0 Å². The summed E-state index contributed by atoms with van der Waals surface area (Å²) in [5.74, 6) is 0. The van der Waals surface area contributed by atoms with Gasteiger partial charge in [-0.15, -0.1) is 11.3 Å². The van der Waals surface area contributed by atoms with Crippen molar-refractivity contribution in [3.63, 3.8) is 0 Å². The minimum atomic E-state index is -0.692.